The molecule has 2 fully saturated rings. The average Bonchev–Trinajstić information content (AvgIpc) is 3.22. The Morgan fingerprint density at radius 1 is 0.527 bits per heavy atom. The van der Waals surface area contributed by atoms with Gasteiger partial charge in [0, 0.05) is 11.6 Å². The van der Waals surface area contributed by atoms with E-state index in [4.69, 9.17) is 9.47 Å². The normalized spacial score (nSPS) is 19.7. The lowest BCUT2D eigenvalue weighted by atomic mass is 9.77. The number of carbonyl (C=O) groups is 3. The van der Waals surface area contributed by atoms with Gasteiger partial charge in [-0.2, -0.15) is 0 Å². The molecule has 6 rings (SSSR count). The molecule has 6 nitrogen and oxygen atoms in total. The molecule has 0 amide bonds. The van der Waals surface area contributed by atoms with E-state index in [1.165, 1.54) is 132 Å². The Morgan fingerprint density at radius 3 is 1.38 bits per heavy atom. The van der Waals surface area contributed by atoms with Crippen LogP contribution in [0.1, 0.15) is 176 Å². The Hall–Kier alpha value is -4.71. The molecule has 0 aliphatic heterocycles. The first kappa shape index (κ1) is 40.0. The van der Waals surface area contributed by atoms with E-state index in [1.54, 1.807) is 36.4 Å². The van der Waals surface area contributed by atoms with Gasteiger partial charge in [-0.15, -0.1) is 0 Å². The highest BCUT2D eigenvalue weighted by Crippen LogP contribution is 2.39. The van der Waals surface area contributed by atoms with Gasteiger partial charge in [-0.1, -0.05) is 89.5 Å². The molecular weight excluding hydrogens is 685 g/mol. The first-order valence-corrected chi connectivity index (χ1v) is 20.9. The number of unbranched alkanes of at least 4 members (excludes halogenated alkanes) is 4. The number of phenols is 1. The van der Waals surface area contributed by atoms with Gasteiger partial charge in [-0.25, -0.2) is 9.59 Å². The van der Waals surface area contributed by atoms with Gasteiger partial charge in [-0.05, 0) is 147 Å². The fraction of sp³-hybridized carbons (Fsp3) is 0.449. The van der Waals surface area contributed by atoms with E-state index < -0.39 is 17.7 Å². The van der Waals surface area contributed by atoms with Gasteiger partial charge in [0.1, 0.15) is 17.2 Å². The Bertz CT molecular complexity index is 1840. The molecule has 0 spiro atoms. The van der Waals surface area contributed by atoms with Crippen LogP contribution in [0.15, 0.2) is 91.0 Å². The second kappa shape index (κ2) is 19.7. The Morgan fingerprint density at radius 2 is 0.945 bits per heavy atom. The molecule has 1 N–H and O–H groups in total. The summed E-state index contributed by atoms with van der Waals surface area (Å²) < 4.78 is 11.2. The molecule has 55 heavy (non-hydrogen) atoms. The van der Waals surface area contributed by atoms with Crippen molar-refractivity contribution in [3.05, 3.63) is 124 Å². The number of phenolic OH excluding ortho intramolecular Hbond substituents is 1. The van der Waals surface area contributed by atoms with Crippen molar-refractivity contribution in [3.8, 4) is 17.2 Å². The summed E-state index contributed by atoms with van der Waals surface area (Å²) in [6, 6.07) is 25.9. The van der Waals surface area contributed by atoms with Gasteiger partial charge in [0.2, 0.25) is 0 Å². The standard InChI is InChI=1S/C49H58O6/c1-3-5-7-9-34-11-15-36(16-12-34)38-19-23-41(24-20-38)48(52)54-43-29-27-40(28-30-43)47(51)45-32-31-44(33-46(45)50)55-49(53)42-25-21-39(22-26-42)37-17-13-35(14-18-37)10-8-6-4-2/h19-37,50H,3-18H2,1-2H3. The number of benzene rings is 4. The van der Waals surface area contributed by atoms with Crippen LogP contribution < -0.4 is 9.47 Å². The number of carbonyl (C=O) groups excluding carboxylic acids is 3. The summed E-state index contributed by atoms with van der Waals surface area (Å²) in [6.45, 7) is 4.51. The third-order valence-electron chi connectivity index (χ3n) is 12.1. The summed E-state index contributed by atoms with van der Waals surface area (Å²) in [5, 5.41) is 10.7. The SMILES string of the molecule is CCCCCC1CCC(c2ccc(C(=O)Oc3ccc(C(=O)c4ccc(OC(=O)c5ccc(C6CCC(CCCCC)CC6)cc5)cc4O)cc3)cc2)CC1. The monoisotopic (exact) mass is 742 g/mol. The summed E-state index contributed by atoms with van der Waals surface area (Å²) in [5.74, 6) is 1.55. The van der Waals surface area contributed by atoms with Crippen molar-refractivity contribution >= 4 is 17.7 Å². The maximum atomic E-state index is 13.3. The largest absolute Gasteiger partial charge is 0.507 e. The van der Waals surface area contributed by atoms with Gasteiger partial charge >= 0.3 is 11.9 Å². The number of ketones is 1. The lowest BCUT2D eigenvalue weighted by Gasteiger charge is -2.29. The second-order valence-corrected chi connectivity index (χ2v) is 16.0. The van der Waals surface area contributed by atoms with E-state index in [2.05, 4.69) is 26.0 Å². The summed E-state index contributed by atoms with van der Waals surface area (Å²) in [6.07, 6.45) is 20.5. The maximum Gasteiger partial charge on any atom is 0.343 e. The summed E-state index contributed by atoms with van der Waals surface area (Å²) in [5.41, 5.74) is 3.84. The van der Waals surface area contributed by atoms with Crippen molar-refractivity contribution in [2.24, 2.45) is 11.8 Å². The minimum Gasteiger partial charge on any atom is -0.507 e. The summed E-state index contributed by atoms with van der Waals surface area (Å²) in [7, 11) is 0. The van der Waals surface area contributed by atoms with Crippen LogP contribution >= 0.6 is 0 Å². The predicted octanol–water partition coefficient (Wildman–Crippen LogP) is 12.8. The number of rotatable bonds is 16. The summed E-state index contributed by atoms with van der Waals surface area (Å²) >= 11 is 0. The number of ether oxygens (including phenoxy) is 2. The highest BCUT2D eigenvalue weighted by atomic mass is 16.5. The first-order chi connectivity index (χ1) is 26.8. The Balaban J connectivity index is 0.968. The molecule has 0 heterocycles. The molecule has 4 aromatic rings. The van der Waals surface area contributed by atoms with Gasteiger partial charge in [0.25, 0.3) is 0 Å². The fourth-order valence-electron chi connectivity index (χ4n) is 8.65. The van der Waals surface area contributed by atoms with Gasteiger partial charge in [0.15, 0.2) is 5.78 Å². The van der Waals surface area contributed by atoms with E-state index in [0.717, 1.165) is 11.8 Å². The highest BCUT2D eigenvalue weighted by molar-refractivity contribution is 6.10. The van der Waals surface area contributed by atoms with Crippen molar-refractivity contribution < 1.29 is 29.0 Å². The van der Waals surface area contributed by atoms with E-state index in [9.17, 15) is 19.5 Å². The lowest BCUT2D eigenvalue weighted by molar-refractivity contribution is 0.0725. The third kappa shape index (κ3) is 11.0. The molecule has 0 radical (unpaired) electrons. The van der Waals surface area contributed by atoms with Crippen LogP contribution in [-0.4, -0.2) is 22.8 Å². The molecular formula is C49H58O6. The van der Waals surface area contributed by atoms with E-state index in [1.807, 2.05) is 24.3 Å². The average molecular weight is 743 g/mol. The number of esters is 2. The molecule has 0 aromatic heterocycles. The molecule has 2 aliphatic carbocycles. The molecule has 0 unspecified atom stereocenters. The molecule has 0 bridgehead atoms. The molecule has 0 saturated heterocycles. The van der Waals surface area contributed by atoms with Gasteiger partial charge in [-0.3, -0.25) is 4.79 Å². The molecule has 6 heteroatoms. The van der Waals surface area contributed by atoms with E-state index in [0.29, 0.717) is 34.3 Å². The fourth-order valence-corrected chi connectivity index (χ4v) is 8.65. The smallest absolute Gasteiger partial charge is 0.343 e. The first-order valence-electron chi connectivity index (χ1n) is 20.9. The van der Waals surface area contributed by atoms with Crippen molar-refractivity contribution in [2.45, 2.75) is 128 Å². The maximum absolute atomic E-state index is 13.3. The minimum atomic E-state index is -0.527. The zero-order valence-electron chi connectivity index (χ0n) is 32.8. The van der Waals surface area contributed by atoms with Crippen LogP contribution in [0.4, 0.5) is 0 Å². The third-order valence-corrected chi connectivity index (χ3v) is 12.1. The van der Waals surface area contributed by atoms with Gasteiger partial charge < -0.3 is 14.6 Å². The van der Waals surface area contributed by atoms with Crippen molar-refractivity contribution in [1.29, 1.82) is 0 Å². The summed E-state index contributed by atoms with van der Waals surface area (Å²) in [4.78, 5) is 39.1. The van der Waals surface area contributed by atoms with E-state index >= 15 is 0 Å². The van der Waals surface area contributed by atoms with Crippen molar-refractivity contribution in [1.82, 2.24) is 0 Å². The second-order valence-electron chi connectivity index (χ2n) is 16.0. The molecule has 2 aliphatic rings. The molecule has 0 atom stereocenters. The van der Waals surface area contributed by atoms with E-state index in [-0.39, 0.29) is 17.1 Å². The van der Waals surface area contributed by atoms with Crippen LogP contribution in [-0.2, 0) is 0 Å². The number of aromatic hydroxyl groups is 1. The predicted molar refractivity (Wildman–Crippen MR) is 218 cm³/mol. The van der Waals surface area contributed by atoms with Crippen molar-refractivity contribution in [2.75, 3.05) is 0 Å². The topological polar surface area (TPSA) is 89.9 Å². The number of hydrogen-bond donors (Lipinski definition) is 1. The van der Waals surface area contributed by atoms with Crippen LogP contribution in [0.5, 0.6) is 17.2 Å². The van der Waals surface area contributed by atoms with Crippen LogP contribution in [0.2, 0.25) is 0 Å². The highest BCUT2D eigenvalue weighted by Gasteiger charge is 2.24. The van der Waals surface area contributed by atoms with Crippen LogP contribution in [0.25, 0.3) is 0 Å². The quantitative estimate of drug-likeness (QED) is 0.0532. The molecule has 2 saturated carbocycles. The van der Waals surface area contributed by atoms with Gasteiger partial charge in [0.05, 0.1) is 16.7 Å². The Labute approximate surface area is 327 Å². The zero-order chi connectivity index (χ0) is 38.6. The van der Waals surface area contributed by atoms with Crippen LogP contribution in [0, 0.1) is 11.8 Å². The zero-order valence-corrected chi connectivity index (χ0v) is 32.8. The lowest BCUT2D eigenvalue weighted by Crippen LogP contribution is -2.14. The van der Waals surface area contributed by atoms with Crippen LogP contribution in [0.3, 0.4) is 0 Å². The molecule has 290 valence electrons. The Kier molecular flexibility index (Phi) is 14.4. The minimum absolute atomic E-state index is 0.0686. The molecule has 4 aromatic carbocycles. The number of hydrogen-bond acceptors (Lipinski definition) is 6. The van der Waals surface area contributed by atoms with Crippen molar-refractivity contribution in [3.63, 3.8) is 0 Å².